The lowest BCUT2D eigenvalue weighted by Crippen LogP contribution is -1.98. The van der Waals surface area contributed by atoms with Gasteiger partial charge in [-0.25, -0.2) is 0 Å². The number of hydrogen-bond donors (Lipinski definition) is 1. The first-order valence-electron chi connectivity index (χ1n) is 3.89. The molecule has 0 fully saturated rings. The van der Waals surface area contributed by atoms with Crippen molar-refractivity contribution in [3.63, 3.8) is 0 Å². The number of ether oxygens (including phenoxy) is 1. The largest absolute Gasteiger partial charge is 0.496 e. The van der Waals surface area contributed by atoms with Crippen molar-refractivity contribution in [2.75, 3.05) is 7.11 Å². The molecule has 0 bridgehead atoms. The maximum Gasteiger partial charge on any atom is 0.124 e. The molecule has 0 aliphatic rings. The van der Waals surface area contributed by atoms with Gasteiger partial charge in [0.1, 0.15) is 5.75 Å². The van der Waals surface area contributed by atoms with Crippen LogP contribution in [-0.2, 0) is 0 Å². The van der Waals surface area contributed by atoms with Crippen LogP contribution in [0.2, 0.25) is 0 Å². The predicted octanol–water partition coefficient (Wildman–Crippen LogP) is 1.95. The van der Waals surface area contributed by atoms with Gasteiger partial charge in [-0.1, -0.05) is 25.1 Å². The van der Waals surface area contributed by atoms with E-state index in [1.807, 2.05) is 24.3 Å². The molecule has 1 radical (unpaired) electrons. The Morgan fingerprint density at radius 3 is 2.75 bits per heavy atom. The van der Waals surface area contributed by atoms with Crippen LogP contribution in [0, 0.1) is 6.92 Å². The first-order valence-corrected chi connectivity index (χ1v) is 3.89. The quantitative estimate of drug-likeness (QED) is 0.741. The van der Waals surface area contributed by atoms with Crippen molar-refractivity contribution in [3.8, 4) is 5.75 Å². The molecule has 2 heteroatoms. The second-order valence-corrected chi connectivity index (χ2v) is 2.55. The van der Waals surface area contributed by atoms with E-state index >= 15 is 0 Å². The van der Waals surface area contributed by atoms with Gasteiger partial charge in [-0.15, -0.1) is 0 Å². The van der Waals surface area contributed by atoms with E-state index in [4.69, 9.17) is 4.74 Å². The lowest BCUT2D eigenvalue weighted by Gasteiger charge is -2.11. The van der Waals surface area contributed by atoms with Crippen molar-refractivity contribution < 1.29 is 9.84 Å². The van der Waals surface area contributed by atoms with Gasteiger partial charge in [-0.05, 0) is 12.5 Å². The van der Waals surface area contributed by atoms with Crippen LogP contribution in [0.25, 0.3) is 0 Å². The first kappa shape index (κ1) is 9.07. The minimum atomic E-state index is -0.527. The number of methoxy groups -OCH3 is 1. The third-order valence-corrected chi connectivity index (χ3v) is 1.77. The molecule has 0 amide bonds. The maximum atomic E-state index is 9.50. The molecule has 0 spiro atoms. The topological polar surface area (TPSA) is 29.5 Å². The van der Waals surface area contributed by atoms with Crippen molar-refractivity contribution in [3.05, 3.63) is 36.8 Å². The fourth-order valence-corrected chi connectivity index (χ4v) is 1.10. The van der Waals surface area contributed by atoms with Crippen molar-refractivity contribution in [2.45, 2.75) is 12.5 Å². The minimum Gasteiger partial charge on any atom is -0.496 e. The Hall–Kier alpha value is -1.02. The van der Waals surface area contributed by atoms with Gasteiger partial charge < -0.3 is 9.84 Å². The highest BCUT2D eigenvalue weighted by Gasteiger charge is 2.09. The summed E-state index contributed by atoms with van der Waals surface area (Å²) in [6.45, 7) is 3.63. The molecule has 0 saturated heterocycles. The molecule has 65 valence electrons. The molecule has 1 unspecified atom stereocenters. The van der Waals surface area contributed by atoms with Crippen molar-refractivity contribution >= 4 is 0 Å². The van der Waals surface area contributed by atoms with E-state index < -0.39 is 6.10 Å². The summed E-state index contributed by atoms with van der Waals surface area (Å²) in [5, 5.41) is 9.50. The highest BCUT2D eigenvalue weighted by molar-refractivity contribution is 5.34. The summed E-state index contributed by atoms with van der Waals surface area (Å²) < 4.78 is 5.08. The standard InChI is InChI=1S/C10H13O2/c1-3-9(11)8-6-4-5-7-10(8)12-2/h4-7,9,11H,1,3H2,2H3. The van der Waals surface area contributed by atoms with Gasteiger partial charge >= 0.3 is 0 Å². The number of rotatable bonds is 3. The fourth-order valence-electron chi connectivity index (χ4n) is 1.10. The van der Waals surface area contributed by atoms with Crippen molar-refractivity contribution in [1.29, 1.82) is 0 Å². The zero-order valence-corrected chi connectivity index (χ0v) is 7.16. The van der Waals surface area contributed by atoms with E-state index in [-0.39, 0.29) is 0 Å². The predicted molar refractivity (Wildman–Crippen MR) is 47.9 cm³/mol. The van der Waals surface area contributed by atoms with E-state index in [2.05, 4.69) is 6.92 Å². The van der Waals surface area contributed by atoms with Gasteiger partial charge in [0.2, 0.25) is 0 Å². The zero-order valence-electron chi connectivity index (χ0n) is 7.16. The smallest absolute Gasteiger partial charge is 0.124 e. The third kappa shape index (κ3) is 1.77. The van der Waals surface area contributed by atoms with Crippen LogP contribution in [0.15, 0.2) is 24.3 Å². The number of benzene rings is 1. The average Bonchev–Trinajstić information content (AvgIpc) is 2.16. The molecule has 0 heterocycles. The van der Waals surface area contributed by atoms with Gasteiger partial charge in [0.05, 0.1) is 13.2 Å². The fraction of sp³-hybridized carbons (Fsp3) is 0.300. The maximum absolute atomic E-state index is 9.50. The SMILES string of the molecule is [CH2]CC(O)c1ccccc1OC. The zero-order chi connectivity index (χ0) is 8.97. The van der Waals surface area contributed by atoms with Crippen LogP contribution < -0.4 is 4.74 Å². The summed E-state index contributed by atoms with van der Waals surface area (Å²) >= 11 is 0. The molecule has 1 atom stereocenters. The summed E-state index contributed by atoms with van der Waals surface area (Å²) in [5.74, 6) is 0.716. The molecule has 0 aliphatic heterocycles. The molecule has 1 aromatic rings. The Bertz CT molecular complexity index is 245. The number of aliphatic hydroxyl groups excluding tert-OH is 1. The second kappa shape index (κ2) is 4.12. The van der Waals surface area contributed by atoms with Crippen LogP contribution >= 0.6 is 0 Å². The molecule has 1 rings (SSSR count). The Kier molecular flexibility index (Phi) is 3.11. The highest BCUT2D eigenvalue weighted by atomic mass is 16.5. The Labute approximate surface area is 72.8 Å². The van der Waals surface area contributed by atoms with E-state index in [9.17, 15) is 5.11 Å². The summed E-state index contributed by atoms with van der Waals surface area (Å²) in [6, 6.07) is 7.41. The van der Waals surface area contributed by atoms with Crippen LogP contribution in [0.5, 0.6) is 5.75 Å². The average molecular weight is 165 g/mol. The van der Waals surface area contributed by atoms with Crippen LogP contribution in [0.3, 0.4) is 0 Å². The number of para-hydroxylation sites is 1. The van der Waals surface area contributed by atoms with Crippen LogP contribution in [0.1, 0.15) is 18.1 Å². The van der Waals surface area contributed by atoms with E-state index in [1.54, 1.807) is 7.11 Å². The number of hydrogen-bond acceptors (Lipinski definition) is 2. The molecule has 2 nitrogen and oxygen atoms in total. The van der Waals surface area contributed by atoms with Gasteiger partial charge in [0, 0.05) is 5.56 Å². The molecule has 1 N–H and O–H groups in total. The molecule has 0 aromatic heterocycles. The van der Waals surface area contributed by atoms with E-state index in [0.29, 0.717) is 12.2 Å². The molecule has 1 aromatic carbocycles. The van der Waals surface area contributed by atoms with Gasteiger partial charge in [0.25, 0.3) is 0 Å². The monoisotopic (exact) mass is 165 g/mol. The van der Waals surface area contributed by atoms with E-state index in [0.717, 1.165) is 5.56 Å². The van der Waals surface area contributed by atoms with Gasteiger partial charge in [-0.3, -0.25) is 0 Å². The lowest BCUT2D eigenvalue weighted by molar-refractivity contribution is 0.176. The first-order chi connectivity index (χ1) is 5.79. The van der Waals surface area contributed by atoms with E-state index in [1.165, 1.54) is 0 Å². The van der Waals surface area contributed by atoms with Gasteiger partial charge in [-0.2, -0.15) is 0 Å². The number of aliphatic hydroxyl groups is 1. The summed E-state index contributed by atoms with van der Waals surface area (Å²) in [4.78, 5) is 0. The Balaban J connectivity index is 2.96. The Morgan fingerprint density at radius 1 is 1.50 bits per heavy atom. The molecular weight excluding hydrogens is 152 g/mol. The summed E-state index contributed by atoms with van der Waals surface area (Å²) in [6.07, 6.45) is -0.0680. The van der Waals surface area contributed by atoms with Gasteiger partial charge in [0.15, 0.2) is 0 Å². The summed E-state index contributed by atoms with van der Waals surface area (Å²) in [7, 11) is 1.59. The second-order valence-electron chi connectivity index (χ2n) is 2.55. The molecule has 0 saturated carbocycles. The summed E-state index contributed by atoms with van der Waals surface area (Å²) in [5.41, 5.74) is 0.801. The minimum absolute atomic E-state index is 0.459. The lowest BCUT2D eigenvalue weighted by atomic mass is 10.1. The van der Waals surface area contributed by atoms with Crippen molar-refractivity contribution in [2.24, 2.45) is 0 Å². The third-order valence-electron chi connectivity index (χ3n) is 1.77. The normalized spacial score (nSPS) is 12.6. The molecule has 12 heavy (non-hydrogen) atoms. The highest BCUT2D eigenvalue weighted by Crippen LogP contribution is 2.25. The molecule has 0 aliphatic carbocycles. The van der Waals surface area contributed by atoms with Crippen molar-refractivity contribution in [1.82, 2.24) is 0 Å². The Morgan fingerprint density at radius 2 is 2.17 bits per heavy atom. The van der Waals surface area contributed by atoms with Crippen LogP contribution in [-0.4, -0.2) is 12.2 Å². The van der Waals surface area contributed by atoms with Crippen LogP contribution in [0.4, 0.5) is 0 Å². The molecular formula is C10H13O2.